The van der Waals surface area contributed by atoms with E-state index in [1.54, 1.807) is 0 Å². The summed E-state index contributed by atoms with van der Waals surface area (Å²) in [6, 6.07) is 0. The Balaban J connectivity index is 1.78. The first-order valence-electron chi connectivity index (χ1n) is 7.46. The van der Waals surface area contributed by atoms with Crippen LogP contribution < -0.4 is 0 Å². The Morgan fingerprint density at radius 1 is 1.14 bits per heavy atom. The Labute approximate surface area is 126 Å². The fourth-order valence-electron chi connectivity index (χ4n) is 2.98. The van der Waals surface area contributed by atoms with Crippen LogP contribution >= 0.6 is 0 Å². The lowest BCUT2D eigenvalue weighted by Gasteiger charge is -2.34. The zero-order valence-corrected chi connectivity index (χ0v) is 12.3. The van der Waals surface area contributed by atoms with Gasteiger partial charge < -0.3 is 4.90 Å². The van der Waals surface area contributed by atoms with E-state index < -0.39 is 12.0 Å². The molecule has 0 aliphatic carbocycles. The van der Waals surface area contributed by atoms with Gasteiger partial charge in [0.1, 0.15) is 5.84 Å². The normalized spacial score (nSPS) is 20.4. The number of likely N-dealkylation sites (tertiary alicyclic amines) is 1. The van der Waals surface area contributed by atoms with E-state index in [-0.39, 0.29) is 5.82 Å². The first-order chi connectivity index (χ1) is 10.5. The van der Waals surface area contributed by atoms with E-state index in [1.807, 2.05) is 6.92 Å². The van der Waals surface area contributed by atoms with Crippen molar-refractivity contribution in [3.63, 3.8) is 0 Å². The minimum Gasteiger partial charge on any atom is -0.359 e. The smallest absolute Gasteiger partial charge is 0.359 e. The van der Waals surface area contributed by atoms with E-state index >= 15 is 0 Å². The largest absolute Gasteiger partial charge is 0.453 e. The molecular formula is C14H18F3N5. The van der Waals surface area contributed by atoms with Crippen molar-refractivity contribution in [2.45, 2.75) is 38.8 Å². The summed E-state index contributed by atoms with van der Waals surface area (Å²) in [5.74, 6) is 0.502. The van der Waals surface area contributed by atoms with Crippen molar-refractivity contribution in [1.82, 2.24) is 19.8 Å². The van der Waals surface area contributed by atoms with Gasteiger partial charge in [0.15, 0.2) is 5.82 Å². The monoisotopic (exact) mass is 313 g/mol. The summed E-state index contributed by atoms with van der Waals surface area (Å²) < 4.78 is 39.6. The van der Waals surface area contributed by atoms with Crippen LogP contribution in [0.15, 0.2) is 17.3 Å². The fourth-order valence-corrected chi connectivity index (χ4v) is 2.98. The molecule has 1 fully saturated rings. The predicted molar refractivity (Wildman–Crippen MR) is 75.3 cm³/mol. The lowest BCUT2D eigenvalue weighted by Crippen LogP contribution is -2.40. The van der Waals surface area contributed by atoms with Crippen LogP contribution in [0, 0.1) is 5.92 Å². The molecule has 0 bridgehead atoms. The number of aryl methyl sites for hydroxylation is 1. The lowest BCUT2D eigenvalue weighted by atomic mass is 9.96. The van der Waals surface area contributed by atoms with E-state index in [2.05, 4.69) is 32.4 Å². The molecule has 0 amide bonds. The minimum atomic E-state index is -4.53. The molecule has 0 aromatic carbocycles. The number of hydrogen-bond donors (Lipinski definition) is 0. The van der Waals surface area contributed by atoms with Crippen LogP contribution in [0.2, 0.25) is 0 Å². The molecule has 0 spiro atoms. The topological polar surface area (TPSA) is 46.3 Å². The Morgan fingerprint density at radius 3 is 2.50 bits per heavy atom. The average Bonchev–Trinajstić information content (AvgIpc) is 2.91. The predicted octanol–water partition coefficient (Wildman–Crippen LogP) is 2.69. The first kappa shape index (κ1) is 15.1. The molecule has 0 saturated carbocycles. The second-order valence-corrected chi connectivity index (χ2v) is 5.62. The third kappa shape index (κ3) is 2.86. The second kappa shape index (κ2) is 5.73. The van der Waals surface area contributed by atoms with Gasteiger partial charge in [-0.3, -0.25) is 0 Å². The van der Waals surface area contributed by atoms with Crippen LogP contribution in [0.4, 0.5) is 13.2 Å². The summed E-state index contributed by atoms with van der Waals surface area (Å²) in [7, 11) is 0. The van der Waals surface area contributed by atoms with Crippen LogP contribution in [0.25, 0.3) is 0 Å². The number of amidine groups is 1. The van der Waals surface area contributed by atoms with E-state index in [1.165, 1.54) is 0 Å². The van der Waals surface area contributed by atoms with Gasteiger partial charge in [-0.15, -0.1) is 10.2 Å². The van der Waals surface area contributed by atoms with Gasteiger partial charge in [0, 0.05) is 25.9 Å². The highest BCUT2D eigenvalue weighted by atomic mass is 19.4. The van der Waals surface area contributed by atoms with E-state index in [0.717, 1.165) is 30.6 Å². The van der Waals surface area contributed by atoms with Crippen molar-refractivity contribution in [1.29, 1.82) is 0 Å². The van der Waals surface area contributed by atoms with Crippen LogP contribution in [0.1, 0.15) is 37.8 Å². The maximum Gasteiger partial charge on any atom is 0.453 e. The number of aromatic nitrogens is 3. The van der Waals surface area contributed by atoms with E-state index in [4.69, 9.17) is 0 Å². The maximum atomic E-state index is 12.9. The fraction of sp³-hybridized carbons (Fsp3) is 0.643. The number of piperidine rings is 1. The Kier molecular flexibility index (Phi) is 3.92. The Bertz CT molecular complexity index is 594. The van der Waals surface area contributed by atoms with Crippen LogP contribution in [-0.2, 0) is 12.6 Å². The molecule has 3 heterocycles. The van der Waals surface area contributed by atoms with Crippen molar-refractivity contribution < 1.29 is 13.2 Å². The zero-order valence-electron chi connectivity index (χ0n) is 12.3. The number of rotatable bonds is 1. The number of allylic oxidation sites excluding steroid dienone is 2. The molecular weight excluding hydrogens is 295 g/mol. The van der Waals surface area contributed by atoms with Gasteiger partial charge >= 0.3 is 6.18 Å². The molecule has 1 aromatic heterocycles. The zero-order chi connectivity index (χ0) is 15.7. The molecule has 2 aliphatic heterocycles. The van der Waals surface area contributed by atoms with Gasteiger partial charge in [-0.05, 0) is 25.7 Å². The standard InChI is InChI=1S/C14H18F3N5/c1-2-3-10-6-8-21(9-7-10)12-5-4-11-18-19-13(14(15,16)17)22(11)20-12/h2-3,10H,4-9H2,1H3/b3-2+. The molecule has 0 radical (unpaired) electrons. The average molecular weight is 313 g/mol. The molecule has 120 valence electrons. The lowest BCUT2D eigenvalue weighted by molar-refractivity contribution is -0.147. The minimum absolute atomic E-state index is 0.278. The molecule has 8 heteroatoms. The summed E-state index contributed by atoms with van der Waals surface area (Å²) >= 11 is 0. The second-order valence-electron chi connectivity index (χ2n) is 5.62. The van der Waals surface area contributed by atoms with E-state index in [9.17, 15) is 13.2 Å². The molecule has 1 saturated heterocycles. The SMILES string of the molecule is C/C=C/C1CCN(C2=Nn3c(nnc3C(F)(F)F)CC2)CC1. The van der Waals surface area contributed by atoms with Crippen molar-refractivity contribution in [3.8, 4) is 0 Å². The third-order valence-electron chi connectivity index (χ3n) is 4.12. The number of fused-ring (bicyclic) bond motifs is 1. The summed E-state index contributed by atoms with van der Waals surface area (Å²) in [5.41, 5.74) is 0. The van der Waals surface area contributed by atoms with Gasteiger partial charge in [0.05, 0.1) is 0 Å². The Hall–Kier alpha value is -1.86. The summed E-state index contributed by atoms with van der Waals surface area (Å²) in [5, 5.41) is 11.0. The highest BCUT2D eigenvalue weighted by molar-refractivity contribution is 5.83. The molecule has 2 aliphatic rings. The summed E-state index contributed by atoms with van der Waals surface area (Å²) in [4.78, 5) is 2.09. The van der Waals surface area contributed by atoms with Crippen molar-refractivity contribution in [2.24, 2.45) is 11.0 Å². The van der Waals surface area contributed by atoms with Gasteiger partial charge in [-0.1, -0.05) is 12.2 Å². The van der Waals surface area contributed by atoms with Crippen molar-refractivity contribution in [3.05, 3.63) is 23.8 Å². The number of hydrogen-bond acceptors (Lipinski definition) is 4. The van der Waals surface area contributed by atoms with Crippen molar-refractivity contribution >= 4 is 5.84 Å². The molecule has 3 rings (SSSR count). The van der Waals surface area contributed by atoms with Crippen LogP contribution in [0.5, 0.6) is 0 Å². The van der Waals surface area contributed by atoms with Gasteiger partial charge in [-0.2, -0.15) is 22.9 Å². The number of halogens is 3. The number of nitrogens with zero attached hydrogens (tertiary/aromatic N) is 5. The van der Waals surface area contributed by atoms with Gasteiger partial charge in [-0.25, -0.2) is 0 Å². The highest BCUT2D eigenvalue weighted by Gasteiger charge is 2.40. The molecule has 1 aromatic rings. The molecule has 0 unspecified atom stereocenters. The highest BCUT2D eigenvalue weighted by Crippen LogP contribution is 2.30. The molecule has 5 nitrogen and oxygen atoms in total. The summed E-state index contributed by atoms with van der Waals surface area (Å²) in [6.07, 6.45) is 2.78. The van der Waals surface area contributed by atoms with Crippen molar-refractivity contribution in [2.75, 3.05) is 13.1 Å². The quantitative estimate of drug-likeness (QED) is 0.749. The third-order valence-corrected chi connectivity index (χ3v) is 4.12. The molecule has 0 atom stereocenters. The van der Waals surface area contributed by atoms with Gasteiger partial charge in [0.25, 0.3) is 5.82 Å². The molecule has 22 heavy (non-hydrogen) atoms. The van der Waals surface area contributed by atoms with Crippen LogP contribution in [-0.4, -0.2) is 38.7 Å². The van der Waals surface area contributed by atoms with Crippen LogP contribution in [0.3, 0.4) is 0 Å². The summed E-state index contributed by atoms with van der Waals surface area (Å²) in [6.45, 7) is 3.66. The first-order valence-corrected chi connectivity index (χ1v) is 7.46. The molecule has 0 N–H and O–H groups in total. The number of alkyl halides is 3. The maximum absolute atomic E-state index is 12.9. The van der Waals surface area contributed by atoms with Gasteiger partial charge in [0.2, 0.25) is 0 Å². The van der Waals surface area contributed by atoms with E-state index in [0.29, 0.717) is 24.6 Å². The Morgan fingerprint density at radius 2 is 1.86 bits per heavy atom.